The summed E-state index contributed by atoms with van der Waals surface area (Å²) in [7, 11) is -2.79. The van der Waals surface area contributed by atoms with Crippen molar-refractivity contribution >= 4 is 27.5 Å². The third-order valence-corrected chi connectivity index (χ3v) is 8.46. The number of methoxy groups -OCH3 is 1. The van der Waals surface area contributed by atoms with Crippen molar-refractivity contribution in [2.45, 2.75) is 51.6 Å². The first-order chi connectivity index (χ1) is 20.5. The van der Waals surface area contributed by atoms with E-state index in [0.717, 1.165) is 28.6 Å². The van der Waals surface area contributed by atoms with Gasteiger partial charge in [0.2, 0.25) is 11.8 Å². The van der Waals surface area contributed by atoms with Gasteiger partial charge >= 0.3 is 0 Å². The Hall–Kier alpha value is -4.12. The molecule has 11 heteroatoms. The van der Waals surface area contributed by atoms with Gasteiger partial charge in [-0.25, -0.2) is 12.8 Å². The molecule has 0 saturated heterocycles. The summed E-state index contributed by atoms with van der Waals surface area (Å²) in [6.45, 7) is 7.84. The molecular formula is C32H40FN3O6S. The Morgan fingerprint density at radius 2 is 1.63 bits per heavy atom. The molecule has 2 amide bonds. The lowest BCUT2D eigenvalue weighted by Gasteiger charge is -2.33. The average Bonchev–Trinajstić information content (AvgIpc) is 2.99. The van der Waals surface area contributed by atoms with Crippen LogP contribution < -0.4 is 19.1 Å². The highest BCUT2D eigenvalue weighted by Crippen LogP contribution is 2.27. The van der Waals surface area contributed by atoms with E-state index in [4.69, 9.17) is 9.47 Å². The first-order valence-corrected chi connectivity index (χ1v) is 15.6. The number of hydrogen-bond acceptors (Lipinski definition) is 6. The maximum atomic E-state index is 14.2. The molecule has 9 nitrogen and oxygen atoms in total. The van der Waals surface area contributed by atoms with Crippen LogP contribution in [0.3, 0.4) is 0 Å². The molecule has 0 spiro atoms. The molecular weight excluding hydrogens is 573 g/mol. The molecule has 0 radical (unpaired) electrons. The van der Waals surface area contributed by atoms with E-state index < -0.39 is 34.3 Å². The Labute approximate surface area is 253 Å². The van der Waals surface area contributed by atoms with Crippen LogP contribution in [0.25, 0.3) is 0 Å². The fourth-order valence-corrected chi connectivity index (χ4v) is 5.86. The number of sulfonamides is 1. The first-order valence-electron chi connectivity index (χ1n) is 14.2. The van der Waals surface area contributed by atoms with E-state index in [-0.39, 0.29) is 29.0 Å². The van der Waals surface area contributed by atoms with Crippen LogP contribution in [0.1, 0.15) is 39.7 Å². The Bertz CT molecular complexity index is 1460. The van der Waals surface area contributed by atoms with E-state index in [1.807, 2.05) is 20.8 Å². The molecule has 0 aliphatic carbocycles. The highest BCUT2D eigenvalue weighted by Gasteiger charge is 2.33. The molecule has 3 rings (SSSR count). The lowest BCUT2D eigenvalue weighted by atomic mass is 10.1. The molecule has 0 aliphatic heterocycles. The summed E-state index contributed by atoms with van der Waals surface area (Å²) < 4.78 is 53.3. The molecule has 0 fully saturated rings. The first kappa shape index (κ1) is 33.4. The van der Waals surface area contributed by atoms with Crippen molar-refractivity contribution in [3.8, 4) is 11.5 Å². The van der Waals surface area contributed by atoms with Crippen molar-refractivity contribution in [3.63, 3.8) is 0 Å². The number of hydrogen-bond donors (Lipinski definition) is 1. The van der Waals surface area contributed by atoms with Gasteiger partial charge in [-0.15, -0.1) is 0 Å². The molecule has 0 aromatic heterocycles. The van der Waals surface area contributed by atoms with Crippen molar-refractivity contribution in [2.24, 2.45) is 5.92 Å². The molecule has 0 heterocycles. The van der Waals surface area contributed by atoms with Crippen molar-refractivity contribution in [1.29, 1.82) is 0 Å². The third-order valence-electron chi connectivity index (χ3n) is 6.67. The number of nitrogens with zero attached hydrogens (tertiary/aromatic N) is 2. The largest absolute Gasteiger partial charge is 0.497 e. The van der Waals surface area contributed by atoms with Gasteiger partial charge in [-0.2, -0.15) is 0 Å². The van der Waals surface area contributed by atoms with Gasteiger partial charge in [0.1, 0.15) is 29.9 Å². The number of amides is 2. The highest BCUT2D eigenvalue weighted by atomic mass is 32.2. The zero-order valence-electron chi connectivity index (χ0n) is 25.2. The zero-order valence-corrected chi connectivity index (χ0v) is 26.1. The summed E-state index contributed by atoms with van der Waals surface area (Å²) in [6, 6.07) is 16.9. The predicted molar refractivity (Wildman–Crippen MR) is 164 cm³/mol. The van der Waals surface area contributed by atoms with Crippen LogP contribution in [0.15, 0.2) is 77.7 Å². The summed E-state index contributed by atoms with van der Waals surface area (Å²) in [4.78, 5) is 28.7. The summed E-state index contributed by atoms with van der Waals surface area (Å²) in [5.74, 6) is -0.206. The molecule has 1 N–H and O–H groups in total. The van der Waals surface area contributed by atoms with Gasteiger partial charge in [0.05, 0.1) is 24.3 Å². The van der Waals surface area contributed by atoms with Crippen LogP contribution in [0.4, 0.5) is 10.1 Å². The predicted octanol–water partition coefficient (Wildman–Crippen LogP) is 5.01. The summed E-state index contributed by atoms with van der Waals surface area (Å²) >= 11 is 0. The van der Waals surface area contributed by atoms with E-state index in [2.05, 4.69) is 5.32 Å². The average molecular weight is 614 g/mol. The van der Waals surface area contributed by atoms with Crippen molar-refractivity contribution in [3.05, 3.63) is 84.2 Å². The molecule has 3 aromatic rings. The van der Waals surface area contributed by atoms with E-state index in [1.165, 1.54) is 12.0 Å². The van der Waals surface area contributed by atoms with E-state index >= 15 is 0 Å². The van der Waals surface area contributed by atoms with Crippen molar-refractivity contribution in [2.75, 3.05) is 31.1 Å². The van der Waals surface area contributed by atoms with Crippen LogP contribution in [0.2, 0.25) is 0 Å². The second-order valence-corrected chi connectivity index (χ2v) is 12.2. The maximum absolute atomic E-state index is 14.2. The van der Waals surface area contributed by atoms with Crippen LogP contribution >= 0.6 is 0 Å². The summed E-state index contributed by atoms with van der Waals surface area (Å²) in [5.41, 5.74) is 0.914. The van der Waals surface area contributed by atoms with Crippen LogP contribution in [-0.4, -0.2) is 58.0 Å². The Morgan fingerprint density at radius 3 is 2.21 bits per heavy atom. The topological polar surface area (TPSA) is 105 Å². The number of nitrogens with one attached hydrogen (secondary N) is 1. The normalized spacial score (nSPS) is 12.0. The molecule has 232 valence electrons. The smallest absolute Gasteiger partial charge is 0.264 e. The van der Waals surface area contributed by atoms with Gasteiger partial charge in [0.25, 0.3) is 10.0 Å². The summed E-state index contributed by atoms with van der Waals surface area (Å²) in [6.07, 6.45) is 0.299. The number of carbonyl (C=O) groups is 2. The quantitative estimate of drug-likeness (QED) is 0.259. The maximum Gasteiger partial charge on any atom is 0.264 e. The molecule has 0 bridgehead atoms. The van der Waals surface area contributed by atoms with Gasteiger partial charge in [-0.1, -0.05) is 32.9 Å². The van der Waals surface area contributed by atoms with Crippen LogP contribution in [0.5, 0.6) is 11.5 Å². The number of carbonyl (C=O) groups excluding carboxylic acids is 2. The van der Waals surface area contributed by atoms with Gasteiger partial charge in [0.15, 0.2) is 0 Å². The minimum atomic E-state index is -4.32. The number of anilines is 1. The Kier molecular flexibility index (Phi) is 11.9. The second kappa shape index (κ2) is 15.4. The number of halogens is 1. The minimum Gasteiger partial charge on any atom is -0.497 e. The molecule has 0 saturated carbocycles. The Balaban J connectivity index is 2.06. The standard InChI is InChI=1S/C32H40FN3O6S/c1-6-30(32(38)34-20-23(3)4)35(21-24-9-8-10-28(19-24)41-5)31(37)22-36(26-13-15-27(16-14-26)42-7-2)43(39,40)29-17-11-25(33)12-18-29/h8-19,23,30H,6-7,20-22H2,1-5H3,(H,34,38). The highest BCUT2D eigenvalue weighted by molar-refractivity contribution is 7.92. The van der Waals surface area contributed by atoms with Gasteiger partial charge < -0.3 is 19.7 Å². The summed E-state index contributed by atoms with van der Waals surface area (Å²) in [5, 5.41) is 2.90. The monoisotopic (exact) mass is 613 g/mol. The number of benzene rings is 3. The van der Waals surface area contributed by atoms with E-state index in [1.54, 1.807) is 55.5 Å². The SMILES string of the molecule is CCOc1ccc(N(CC(=O)N(Cc2cccc(OC)c2)C(CC)C(=O)NCC(C)C)S(=O)(=O)c2ccc(F)cc2)cc1. The van der Waals surface area contributed by atoms with E-state index in [9.17, 15) is 22.4 Å². The zero-order chi connectivity index (χ0) is 31.6. The third kappa shape index (κ3) is 8.93. The van der Waals surface area contributed by atoms with Gasteiger partial charge in [-0.05, 0) is 85.5 Å². The van der Waals surface area contributed by atoms with Crippen LogP contribution in [-0.2, 0) is 26.2 Å². The molecule has 43 heavy (non-hydrogen) atoms. The van der Waals surface area contributed by atoms with Gasteiger partial charge in [0, 0.05) is 13.1 Å². The number of rotatable bonds is 15. The van der Waals surface area contributed by atoms with Crippen molar-refractivity contribution in [1.82, 2.24) is 10.2 Å². The fraction of sp³-hybridized carbons (Fsp3) is 0.375. The lowest BCUT2D eigenvalue weighted by Crippen LogP contribution is -2.52. The van der Waals surface area contributed by atoms with Gasteiger partial charge in [-0.3, -0.25) is 13.9 Å². The Morgan fingerprint density at radius 1 is 0.953 bits per heavy atom. The second-order valence-electron chi connectivity index (χ2n) is 10.3. The lowest BCUT2D eigenvalue weighted by molar-refractivity contribution is -0.140. The number of ether oxygens (including phenoxy) is 2. The fourth-order valence-electron chi connectivity index (χ4n) is 4.45. The molecule has 0 aliphatic rings. The van der Waals surface area contributed by atoms with E-state index in [0.29, 0.717) is 36.6 Å². The minimum absolute atomic E-state index is 0.0390. The molecule has 3 aromatic carbocycles. The molecule has 1 unspecified atom stereocenters. The molecule has 1 atom stereocenters. The van der Waals surface area contributed by atoms with Crippen LogP contribution in [0, 0.1) is 11.7 Å². The van der Waals surface area contributed by atoms with Crippen molar-refractivity contribution < 1.29 is 31.9 Å².